The van der Waals surface area contributed by atoms with Gasteiger partial charge in [-0.15, -0.1) is 0 Å². The van der Waals surface area contributed by atoms with Gasteiger partial charge in [-0.05, 0) is 24.3 Å². The molecule has 14 nitrogen and oxygen atoms in total. The van der Waals surface area contributed by atoms with Crippen LogP contribution >= 0.6 is 11.6 Å². The molecule has 3 aromatic heterocycles. The molecule has 0 unspecified atom stereocenters. The second-order valence-corrected chi connectivity index (χ2v) is 13.9. The van der Waals surface area contributed by atoms with Crippen molar-refractivity contribution in [1.82, 2.24) is 39.5 Å². The van der Waals surface area contributed by atoms with Crippen molar-refractivity contribution < 1.29 is 37.1 Å². The summed E-state index contributed by atoms with van der Waals surface area (Å²) in [6, 6.07) is 5.48. The van der Waals surface area contributed by atoms with Crippen LogP contribution in [-0.4, -0.2) is 113 Å². The molecule has 18 heteroatoms. The maximum Gasteiger partial charge on any atom is 0.435 e. The van der Waals surface area contributed by atoms with Gasteiger partial charge in [-0.1, -0.05) is 11.6 Å². The number of hydrogen-bond donors (Lipinski definition) is 3. The fourth-order valence-electron chi connectivity index (χ4n) is 7.17. The summed E-state index contributed by atoms with van der Waals surface area (Å²) in [6.45, 7) is 1.61. The predicted molar refractivity (Wildman–Crippen MR) is 172 cm³/mol. The third-order valence-electron chi connectivity index (χ3n) is 9.79. The first-order valence-electron chi connectivity index (χ1n) is 15.8. The molecule has 50 heavy (non-hydrogen) atoms. The van der Waals surface area contributed by atoms with E-state index in [0.29, 0.717) is 30.5 Å². The predicted octanol–water partition coefficient (Wildman–Crippen LogP) is 2.38. The van der Waals surface area contributed by atoms with Gasteiger partial charge in [-0.2, -0.15) is 18.3 Å². The van der Waals surface area contributed by atoms with Crippen LogP contribution in [0.15, 0.2) is 49.1 Å². The standard InChI is InChI=1S/C32H32ClF3N10O4/c1-43-23(21-14-45(31-37-7-4-8-38-31)42-26(21)32(34,35)36)11-39-27(43)29(49)40-16-5-6-18(22(33)9-16)28(48)41-25-19-12-44(13-20(19)25)30(50)24-10-17(47)15-46(24,2)3/h4-9,11,14,17,19-20,24-25,47H,10,12-13,15H2,1-3H3,(H-,40,41,48,49)/p+1/t17-,19-,20+,24+,25-/m0/s1. The third kappa shape index (κ3) is 6.09. The summed E-state index contributed by atoms with van der Waals surface area (Å²) in [5, 5.41) is 19.4. The van der Waals surface area contributed by atoms with E-state index >= 15 is 0 Å². The lowest BCUT2D eigenvalue weighted by molar-refractivity contribution is -0.894. The molecule has 5 atom stereocenters. The molecule has 3 aliphatic rings. The SMILES string of the molecule is Cn1c(-c2cn(-c3ncccn3)nc2C(F)(F)F)cnc1C(=O)Nc1ccc(C(=O)N[C@@H]2[C@@H]3CN(C(=O)[C@H]4C[C@H](O)C[N+]4(C)C)C[C@@H]32)c(Cl)c1. The van der Waals surface area contributed by atoms with Crippen LogP contribution in [0.1, 0.15) is 33.1 Å². The minimum atomic E-state index is -4.82. The summed E-state index contributed by atoms with van der Waals surface area (Å²) >= 11 is 6.45. The molecular formula is C32H33ClF3N10O4+. The monoisotopic (exact) mass is 713 g/mol. The summed E-state index contributed by atoms with van der Waals surface area (Å²) in [5.41, 5.74) is -1.11. The molecule has 262 valence electrons. The van der Waals surface area contributed by atoms with Crippen LogP contribution < -0.4 is 10.6 Å². The number of anilines is 1. The lowest BCUT2D eigenvalue weighted by Crippen LogP contribution is -2.53. The Balaban J connectivity index is 0.987. The lowest BCUT2D eigenvalue weighted by atomic mass is 10.1. The van der Waals surface area contributed by atoms with Gasteiger partial charge in [0, 0.05) is 68.7 Å². The highest BCUT2D eigenvalue weighted by Gasteiger charge is 2.59. The fraction of sp³-hybridized carbons (Fsp3) is 0.406. The van der Waals surface area contributed by atoms with Crippen LogP contribution in [0.25, 0.3) is 17.2 Å². The topological polar surface area (TPSA) is 160 Å². The number of halogens is 4. The number of aromatic nitrogens is 6. The summed E-state index contributed by atoms with van der Waals surface area (Å²) in [5.74, 6) is -1.06. The number of nitrogens with zero attached hydrogens (tertiary/aromatic N) is 8. The molecule has 1 aromatic carbocycles. The molecule has 0 bridgehead atoms. The Morgan fingerprint density at radius 3 is 2.38 bits per heavy atom. The van der Waals surface area contributed by atoms with Gasteiger partial charge in [0.05, 0.1) is 42.1 Å². The van der Waals surface area contributed by atoms with Crippen LogP contribution in [0.4, 0.5) is 18.9 Å². The van der Waals surface area contributed by atoms with Crippen molar-refractivity contribution in [2.45, 2.75) is 30.8 Å². The molecule has 2 saturated heterocycles. The molecule has 2 aliphatic heterocycles. The first-order chi connectivity index (χ1) is 23.6. The Hall–Kier alpha value is -4.87. The van der Waals surface area contributed by atoms with Gasteiger partial charge in [0.1, 0.15) is 12.6 Å². The van der Waals surface area contributed by atoms with Gasteiger partial charge >= 0.3 is 6.18 Å². The second kappa shape index (κ2) is 12.2. The van der Waals surface area contributed by atoms with E-state index in [1.54, 1.807) is 0 Å². The average Bonchev–Trinajstić information content (AvgIpc) is 3.57. The van der Waals surface area contributed by atoms with E-state index in [-0.39, 0.29) is 69.1 Å². The van der Waals surface area contributed by atoms with Crippen LogP contribution in [0, 0.1) is 11.8 Å². The number of nitrogens with one attached hydrogen (secondary N) is 2. The molecular weight excluding hydrogens is 681 g/mol. The van der Waals surface area contributed by atoms with E-state index < -0.39 is 29.8 Å². The molecule has 0 radical (unpaired) electrons. The Kier molecular flexibility index (Phi) is 8.18. The number of aliphatic hydroxyl groups is 1. The number of hydrogen-bond acceptors (Lipinski definition) is 8. The van der Waals surface area contributed by atoms with Gasteiger partial charge < -0.3 is 29.7 Å². The number of fused-ring (bicyclic) bond motifs is 1. The van der Waals surface area contributed by atoms with E-state index in [9.17, 15) is 32.7 Å². The number of imidazole rings is 1. The highest BCUT2D eigenvalue weighted by Crippen LogP contribution is 2.46. The maximum atomic E-state index is 14.0. The zero-order valence-corrected chi connectivity index (χ0v) is 27.9. The molecule has 1 aliphatic carbocycles. The smallest absolute Gasteiger partial charge is 0.387 e. The van der Waals surface area contributed by atoms with Gasteiger partial charge in [0.25, 0.3) is 17.7 Å². The summed E-state index contributed by atoms with van der Waals surface area (Å²) in [4.78, 5) is 53.2. The summed E-state index contributed by atoms with van der Waals surface area (Å²) in [7, 11) is 5.30. The number of likely N-dealkylation sites (N-methyl/N-ethyl adjacent to an activating group) is 1. The van der Waals surface area contributed by atoms with Gasteiger partial charge in [-0.25, -0.2) is 19.6 Å². The summed E-state index contributed by atoms with van der Waals surface area (Å²) in [6.07, 6.45) is 0.124. The van der Waals surface area contributed by atoms with Gasteiger partial charge in [0.15, 0.2) is 17.6 Å². The second-order valence-electron chi connectivity index (χ2n) is 13.5. The highest BCUT2D eigenvalue weighted by molar-refractivity contribution is 6.34. The minimum Gasteiger partial charge on any atom is -0.387 e. The van der Waals surface area contributed by atoms with Crippen LogP contribution in [0.2, 0.25) is 5.02 Å². The third-order valence-corrected chi connectivity index (χ3v) is 10.1. The largest absolute Gasteiger partial charge is 0.435 e. The van der Waals surface area contributed by atoms with Crippen molar-refractivity contribution in [2.75, 3.05) is 39.0 Å². The number of likely N-dealkylation sites (tertiary alicyclic amines) is 2. The van der Waals surface area contributed by atoms with Crippen molar-refractivity contribution >= 4 is 35.0 Å². The molecule has 4 aromatic rings. The lowest BCUT2D eigenvalue weighted by Gasteiger charge is -2.33. The number of quaternary nitrogens is 1. The van der Waals surface area contributed by atoms with Crippen molar-refractivity contribution in [1.29, 1.82) is 0 Å². The summed E-state index contributed by atoms with van der Waals surface area (Å²) < 4.78 is 44.4. The number of carbonyl (C=O) groups is 3. The zero-order chi connectivity index (χ0) is 35.7. The number of benzene rings is 1. The normalized spacial score (nSPS) is 23.8. The van der Waals surface area contributed by atoms with E-state index in [4.69, 9.17) is 11.6 Å². The molecule has 3 amide bonds. The number of carbonyl (C=O) groups excluding carboxylic acids is 3. The number of alkyl halides is 3. The number of amides is 3. The van der Waals surface area contributed by atoms with Crippen LogP contribution in [0.5, 0.6) is 0 Å². The number of rotatable bonds is 7. The quantitative estimate of drug-likeness (QED) is 0.246. The Morgan fingerprint density at radius 2 is 1.76 bits per heavy atom. The first-order valence-corrected chi connectivity index (χ1v) is 16.2. The Bertz CT molecular complexity index is 1990. The van der Waals surface area contributed by atoms with Gasteiger partial charge in [0.2, 0.25) is 5.95 Å². The Labute approximate surface area is 288 Å². The van der Waals surface area contributed by atoms with Crippen molar-refractivity contribution in [3.63, 3.8) is 0 Å². The van der Waals surface area contributed by atoms with Crippen molar-refractivity contribution in [3.05, 3.63) is 71.2 Å². The maximum absolute atomic E-state index is 14.0. The minimum absolute atomic E-state index is 0.0209. The zero-order valence-electron chi connectivity index (χ0n) is 27.1. The molecule has 1 saturated carbocycles. The number of piperidine rings is 1. The first kappa shape index (κ1) is 33.6. The van der Waals surface area contributed by atoms with Crippen molar-refractivity contribution in [3.8, 4) is 17.2 Å². The van der Waals surface area contributed by atoms with Gasteiger partial charge in [-0.3, -0.25) is 14.4 Å². The fourth-order valence-corrected chi connectivity index (χ4v) is 7.43. The van der Waals surface area contributed by atoms with Crippen LogP contribution in [0.3, 0.4) is 0 Å². The van der Waals surface area contributed by atoms with E-state index in [1.807, 2.05) is 19.0 Å². The van der Waals surface area contributed by atoms with Crippen molar-refractivity contribution in [2.24, 2.45) is 18.9 Å². The van der Waals surface area contributed by atoms with Crippen LogP contribution in [-0.2, 0) is 18.0 Å². The number of aliphatic hydroxyl groups excluding tert-OH is 1. The van der Waals surface area contributed by atoms with E-state index in [2.05, 4.69) is 30.7 Å². The molecule has 7 rings (SSSR count). The molecule has 0 spiro atoms. The molecule has 3 N–H and O–H groups in total. The van der Waals surface area contributed by atoms with E-state index in [0.717, 1.165) is 17.1 Å². The Morgan fingerprint density at radius 1 is 1.06 bits per heavy atom. The molecule has 3 fully saturated rings. The van der Waals surface area contributed by atoms with E-state index in [1.165, 1.54) is 48.3 Å². The highest BCUT2D eigenvalue weighted by atomic mass is 35.5. The molecule has 5 heterocycles. The average molecular weight is 714 g/mol.